The van der Waals surface area contributed by atoms with E-state index in [9.17, 15) is 9.90 Å². The van der Waals surface area contributed by atoms with Gasteiger partial charge in [0.1, 0.15) is 18.2 Å². The molecule has 5 rings (SSSR count). The smallest absolute Gasteiger partial charge is 0.251 e. The first-order chi connectivity index (χ1) is 17.5. The number of aromatic amines is 1. The first-order valence-electron chi connectivity index (χ1n) is 12.6. The molecule has 3 aromatic rings. The van der Waals surface area contributed by atoms with E-state index in [2.05, 4.69) is 48.9 Å². The summed E-state index contributed by atoms with van der Waals surface area (Å²) in [5.41, 5.74) is 5.07. The van der Waals surface area contributed by atoms with E-state index in [1.165, 1.54) is 17.5 Å². The fraction of sp³-hybridized carbons (Fsp3) is 0.462. The second-order valence-corrected chi connectivity index (χ2v) is 9.65. The van der Waals surface area contributed by atoms with Gasteiger partial charge in [-0.3, -0.25) is 14.8 Å². The molecule has 2 aliphatic rings. The van der Waals surface area contributed by atoms with Crippen molar-refractivity contribution in [2.45, 2.75) is 57.9 Å². The number of rotatable bonds is 10. The van der Waals surface area contributed by atoms with E-state index in [0.29, 0.717) is 24.8 Å². The number of amides is 1. The normalized spacial score (nSPS) is 16.6. The number of nitrogens with one attached hydrogen (secondary N) is 3. The summed E-state index contributed by atoms with van der Waals surface area (Å²) in [6.07, 6.45) is 7.05. The van der Waals surface area contributed by atoms with Crippen molar-refractivity contribution >= 4 is 11.7 Å². The van der Waals surface area contributed by atoms with Gasteiger partial charge in [-0.1, -0.05) is 11.3 Å². The van der Waals surface area contributed by atoms with Gasteiger partial charge in [-0.25, -0.2) is 4.98 Å². The van der Waals surface area contributed by atoms with Crippen molar-refractivity contribution in [3.8, 4) is 5.75 Å². The van der Waals surface area contributed by atoms with Crippen molar-refractivity contribution in [2.24, 2.45) is 0 Å². The van der Waals surface area contributed by atoms with Crippen LogP contribution < -0.4 is 15.4 Å². The van der Waals surface area contributed by atoms with Gasteiger partial charge in [-0.2, -0.15) is 0 Å². The van der Waals surface area contributed by atoms with Crippen LogP contribution >= 0.6 is 0 Å². The van der Waals surface area contributed by atoms with Gasteiger partial charge in [0.15, 0.2) is 0 Å². The average molecular weight is 492 g/mol. The van der Waals surface area contributed by atoms with Crippen LogP contribution in [0.5, 0.6) is 5.75 Å². The Bertz CT molecular complexity index is 1180. The van der Waals surface area contributed by atoms with Gasteiger partial charge in [0.05, 0.1) is 18.0 Å². The highest BCUT2D eigenvalue weighted by molar-refractivity contribution is 5.94. The van der Waals surface area contributed by atoms with E-state index in [-0.39, 0.29) is 12.5 Å². The Morgan fingerprint density at radius 2 is 2.22 bits per heavy atom. The number of aliphatic hydroxyl groups is 1. The summed E-state index contributed by atoms with van der Waals surface area (Å²) in [5.74, 6) is 1.38. The molecule has 190 valence electrons. The summed E-state index contributed by atoms with van der Waals surface area (Å²) in [7, 11) is 0. The Hall–Kier alpha value is -3.50. The molecular weight excluding hydrogens is 458 g/mol. The third-order valence-electron chi connectivity index (χ3n) is 7.01. The van der Waals surface area contributed by atoms with Crippen LogP contribution in [0.25, 0.3) is 0 Å². The van der Waals surface area contributed by atoms with E-state index in [4.69, 9.17) is 4.74 Å². The molecule has 3 heterocycles. The van der Waals surface area contributed by atoms with Crippen LogP contribution in [0.2, 0.25) is 0 Å². The third-order valence-corrected chi connectivity index (χ3v) is 7.01. The Labute approximate surface area is 210 Å². The number of hydrogen-bond donors (Lipinski definition) is 4. The second kappa shape index (κ2) is 11.0. The number of fused-ring (bicyclic) bond motifs is 1. The predicted octanol–water partition coefficient (Wildman–Crippen LogP) is 2.20. The minimum absolute atomic E-state index is 0.199. The largest absolute Gasteiger partial charge is 0.487 e. The molecule has 0 spiro atoms. The molecule has 1 amide bonds. The summed E-state index contributed by atoms with van der Waals surface area (Å²) in [6.45, 7) is 4.78. The molecule has 10 nitrogen and oxygen atoms in total. The first-order valence-corrected chi connectivity index (χ1v) is 12.6. The highest BCUT2D eigenvalue weighted by Crippen LogP contribution is 2.29. The minimum atomic E-state index is -0.656. The number of pyridine rings is 1. The van der Waals surface area contributed by atoms with Gasteiger partial charge in [-0.15, -0.1) is 5.10 Å². The Kier molecular flexibility index (Phi) is 7.43. The standard InChI is InChI=1S/C26H33N7O3/c1-17-23-8-10-33(14-19(23)5-6-24(17)36-16-21-12-29-32-31-21)15-22(34)13-28-26(35)18-7-9-27-25(11-18)30-20-3-2-4-20/h5-7,9,11-12,20,22,34H,2-4,8,10,13-16H2,1H3,(H,27,30)(H,28,35)(H,29,31,32)/t22-/m0/s1. The number of aliphatic hydroxyl groups excluding tert-OH is 1. The topological polar surface area (TPSA) is 128 Å². The zero-order valence-corrected chi connectivity index (χ0v) is 20.5. The van der Waals surface area contributed by atoms with Crippen LogP contribution in [-0.4, -0.2) is 68.1 Å². The lowest BCUT2D eigenvalue weighted by Gasteiger charge is -2.31. The summed E-state index contributed by atoms with van der Waals surface area (Å²) in [5, 5.41) is 27.1. The molecule has 1 aliphatic heterocycles. The van der Waals surface area contributed by atoms with Crippen LogP contribution in [0.15, 0.2) is 36.7 Å². The molecule has 0 radical (unpaired) electrons. The molecule has 1 aromatic carbocycles. The molecule has 0 unspecified atom stereocenters. The van der Waals surface area contributed by atoms with Crippen molar-refractivity contribution in [3.05, 3.63) is 64.6 Å². The van der Waals surface area contributed by atoms with E-state index in [1.54, 1.807) is 24.5 Å². The van der Waals surface area contributed by atoms with Crippen molar-refractivity contribution in [1.82, 2.24) is 30.6 Å². The Morgan fingerprint density at radius 1 is 1.33 bits per heavy atom. The summed E-state index contributed by atoms with van der Waals surface area (Å²) in [4.78, 5) is 19.1. The number of hydrogen-bond acceptors (Lipinski definition) is 8. The maximum absolute atomic E-state index is 12.6. The highest BCUT2D eigenvalue weighted by atomic mass is 16.5. The highest BCUT2D eigenvalue weighted by Gasteiger charge is 2.22. The van der Waals surface area contributed by atoms with Crippen LogP contribution in [0.3, 0.4) is 0 Å². The molecule has 1 aliphatic carbocycles. The SMILES string of the molecule is Cc1c(OCc2cnn[nH]2)ccc2c1CCN(C[C@@H](O)CNC(=O)c1ccnc(NC3CCC3)c1)C2. The van der Waals surface area contributed by atoms with Crippen LogP contribution in [0.4, 0.5) is 5.82 Å². The van der Waals surface area contributed by atoms with Crippen LogP contribution in [0.1, 0.15) is 52.0 Å². The van der Waals surface area contributed by atoms with E-state index in [0.717, 1.165) is 55.2 Å². The number of aromatic nitrogens is 4. The summed E-state index contributed by atoms with van der Waals surface area (Å²) < 4.78 is 5.95. The second-order valence-electron chi connectivity index (χ2n) is 9.65. The maximum atomic E-state index is 12.6. The Morgan fingerprint density at radius 3 is 3.00 bits per heavy atom. The number of benzene rings is 1. The molecule has 1 atom stereocenters. The number of anilines is 1. The molecule has 0 saturated heterocycles. The zero-order chi connectivity index (χ0) is 24.9. The molecule has 1 saturated carbocycles. The number of β-amino-alcohol motifs (C(OH)–C–C–N with tert-alkyl or cyclic N) is 1. The van der Waals surface area contributed by atoms with E-state index in [1.807, 2.05) is 6.07 Å². The fourth-order valence-corrected chi connectivity index (χ4v) is 4.72. The molecule has 2 aromatic heterocycles. The van der Waals surface area contributed by atoms with Gasteiger partial charge in [-0.05, 0) is 67.5 Å². The van der Waals surface area contributed by atoms with Gasteiger partial charge >= 0.3 is 0 Å². The summed E-state index contributed by atoms with van der Waals surface area (Å²) in [6, 6.07) is 8.02. The number of ether oxygens (including phenoxy) is 1. The van der Waals surface area contributed by atoms with Gasteiger partial charge in [0.2, 0.25) is 0 Å². The number of nitrogens with zero attached hydrogens (tertiary/aromatic N) is 4. The molecular formula is C26H33N7O3. The fourth-order valence-electron chi connectivity index (χ4n) is 4.72. The van der Waals surface area contributed by atoms with Crippen LogP contribution in [-0.2, 0) is 19.6 Å². The van der Waals surface area contributed by atoms with Gasteiger partial charge in [0, 0.05) is 44.0 Å². The van der Waals surface area contributed by atoms with Crippen LogP contribution in [0, 0.1) is 6.92 Å². The van der Waals surface area contributed by atoms with Gasteiger partial charge in [0.25, 0.3) is 5.91 Å². The van der Waals surface area contributed by atoms with E-state index >= 15 is 0 Å². The molecule has 36 heavy (non-hydrogen) atoms. The van der Waals surface area contributed by atoms with Crippen molar-refractivity contribution in [3.63, 3.8) is 0 Å². The lowest BCUT2D eigenvalue weighted by molar-refractivity contribution is 0.0841. The summed E-state index contributed by atoms with van der Waals surface area (Å²) >= 11 is 0. The number of H-pyrrole nitrogens is 1. The van der Waals surface area contributed by atoms with E-state index < -0.39 is 6.10 Å². The quantitative estimate of drug-likeness (QED) is 0.340. The minimum Gasteiger partial charge on any atom is -0.487 e. The molecule has 4 N–H and O–H groups in total. The predicted molar refractivity (Wildman–Crippen MR) is 135 cm³/mol. The maximum Gasteiger partial charge on any atom is 0.251 e. The van der Waals surface area contributed by atoms with Crippen molar-refractivity contribution in [1.29, 1.82) is 0 Å². The van der Waals surface area contributed by atoms with Crippen molar-refractivity contribution in [2.75, 3.05) is 25.0 Å². The third kappa shape index (κ3) is 5.83. The zero-order valence-electron chi connectivity index (χ0n) is 20.5. The van der Waals surface area contributed by atoms with Gasteiger partial charge < -0.3 is 20.5 Å². The van der Waals surface area contributed by atoms with Crippen molar-refractivity contribution < 1.29 is 14.6 Å². The molecule has 10 heteroatoms. The molecule has 0 bridgehead atoms. The number of carbonyl (C=O) groups is 1. The Balaban J connectivity index is 1.10. The molecule has 1 fully saturated rings. The lowest BCUT2D eigenvalue weighted by atomic mass is 9.93. The lowest BCUT2D eigenvalue weighted by Crippen LogP contribution is -2.42. The average Bonchev–Trinajstić information content (AvgIpc) is 3.38. The number of carbonyl (C=O) groups excluding carboxylic acids is 1. The first kappa shape index (κ1) is 24.2. The monoisotopic (exact) mass is 491 g/mol.